The van der Waals surface area contributed by atoms with Crippen LogP contribution in [0.1, 0.15) is 12.0 Å². The van der Waals surface area contributed by atoms with E-state index in [1.165, 1.54) is 25.0 Å². The first-order valence-electron chi connectivity index (χ1n) is 6.87. The number of carbonyl (C=O) groups excluding carboxylic acids is 2. The van der Waals surface area contributed by atoms with Crippen LogP contribution in [0.3, 0.4) is 0 Å². The van der Waals surface area contributed by atoms with Gasteiger partial charge in [0.15, 0.2) is 11.6 Å². The SMILES string of the molecule is COC(=O)C(CCn1cc(C#N)c2c(=O)[nH]c(N)nc21)C(=O)OC. The monoisotopic (exact) mass is 333 g/mol. The standard InChI is InChI=1S/C14H15N5O5/c1-23-12(21)8(13(22)24-2)3-4-19-6-7(5-15)9-10(19)17-14(16)18-11(9)20/h6,8H,3-4H2,1-2H3,(H3,16,17,18,20). The number of rotatable bonds is 5. The number of nitrogens with zero attached hydrogens (tertiary/aromatic N) is 3. The average Bonchev–Trinajstić information content (AvgIpc) is 2.92. The Kier molecular flexibility index (Phi) is 4.84. The number of carbonyl (C=O) groups is 2. The van der Waals surface area contributed by atoms with Gasteiger partial charge in [0.2, 0.25) is 5.95 Å². The van der Waals surface area contributed by atoms with Gasteiger partial charge >= 0.3 is 11.9 Å². The van der Waals surface area contributed by atoms with Crippen molar-refractivity contribution in [2.75, 3.05) is 20.0 Å². The zero-order valence-electron chi connectivity index (χ0n) is 13.0. The number of nitrogens with one attached hydrogen (secondary N) is 1. The highest BCUT2D eigenvalue weighted by Crippen LogP contribution is 2.18. The van der Waals surface area contributed by atoms with E-state index in [4.69, 9.17) is 11.0 Å². The average molecular weight is 333 g/mol. The van der Waals surface area contributed by atoms with Gasteiger partial charge in [-0.3, -0.25) is 19.4 Å². The van der Waals surface area contributed by atoms with Crippen LogP contribution in [0.15, 0.2) is 11.0 Å². The Morgan fingerprint density at radius 1 is 1.42 bits per heavy atom. The Morgan fingerprint density at radius 3 is 2.58 bits per heavy atom. The molecule has 0 saturated carbocycles. The molecule has 0 unspecified atom stereocenters. The second-order valence-corrected chi connectivity index (χ2v) is 4.89. The number of hydrogen-bond acceptors (Lipinski definition) is 8. The van der Waals surface area contributed by atoms with Crippen LogP contribution in [-0.2, 0) is 25.6 Å². The molecular formula is C14H15N5O5. The number of esters is 2. The number of aromatic nitrogens is 3. The van der Waals surface area contributed by atoms with Crippen LogP contribution >= 0.6 is 0 Å². The van der Waals surface area contributed by atoms with Crippen molar-refractivity contribution >= 4 is 28.9 Å². The Labute approximate surface area is 135 Å². The van der Waals surface area contributed by atoms with E-state index in [0.717, 1.165) is 0 Å². The van der Waals surface area contributed by atoms with Crippen LogP contribution in [0, 0.1) is 17.2 Å². The molecule has 126 valence electrons. The van der Waals surface area contributed by atoms with E-state index in [2.05, 4.69) is 19.4 Å². The van der Waals surface area contributed by atoms with E-state index in [9.17, 15) is 14.4 Å². The van der Waals surface area contributed by atoms with Crippen LogP contribution < -0.4 is 11.3 Å². The highest BCUT2D eigenvalue weighted by atomic mass is 16.5. The summed E-state index contributed by atoms with van der Waals surface area (Å²) in [4.78, 5) is 41.7. The highest BCUT2D eigenvalue weighted by Gasteiger charge is 2.28. The molecule has 0 fully saturated rings. The molecule has 3 N–H and O–H groups in total. The lowest BCUT2D eigenvalue weighted by atomic mass is 10.1. The summed E-state index contributed by atoms with van der Waals surface area (Å²) < 4.78 is 10.7. The van der Waals surface area contributed by atoms with Gasteiger partial charge < -0.3 is 19.8 Å². The fourth-order valence-corrected chi connectivity index (χ4v) is 2.35. The lowest BCUT2D eigenvalue weighted by Crippen LogP contribution is -2.27. The van der Waals surface area contributed by atoms with E-state index in [1.54, 1.807) is 0 Å². The number of aromatic amines is 1. The largest absolute Gasteiger partial charge is 0.468 e. The summed E-state index contributed by atoms with van der Waals surface area (Å²) in [7, 11) is 2.33. The van der Waals surface area contributed by atoms with E-state index in [0.29, 0.717) is 0 Å². The predicted molar refractivity (Wildman–Crippen MR) is 81.6 cm³/mol. The van der Waals surface area contributed by atoms with Crippen LogP contribution in [0.5, 0.6) is 0 Å². The van der Waals surface area contributed by atoms with Crippen molar-refractivity contribution in [3.8, 4) is 6.07 Å². The molecular weight excluding hydrogens is 318 g/mol. The summed E-state index contributed by atoms with van der Waals surface area (Å²) in [6.45, 7) is 0.128. The number of H-pyrrole nitrogens is 1. The summed E-state index contributed by atoms with van der Waals surface area (Å²) >= 11 is 0. The van der Waals surface area contributed by atoms with Gasteiger partial charge in [-0.1, -0.05) is 0 Å². The third-order valence-electron chi connectivity index (χ3n) is 3.50. The molecule has 0 aliphatic carbocycles. The fourth-order valence-electron chi connectivity index (χ4n) is 2.35. The summed E-state index contributed by atoms with van der Waals surface area (Å²) in [5, 5.41) is 9.25. The van der Waals surface area contributed by atoms with Gasteiger partial charge in [-0.15, -0.1) is 0 Å². The Morgan fingerprint density at radius 2 is 2.04 bits per heavy atom. The molecule has 0 spiro atoms. The van der Waals surface area contributed by atoms with Gasteiger partial charge in [-0.25, -0.2) is 0 Å². The normalized spacial score (nSPS) is 10.6. The maximum atomic E-state index is 12.0. The molecule has 0 radical (unpaired) electrons. The molecule has 10 heteroatoms. The van der Waals surface area contributed by atoms with Crippen molar-refractivity contribution in [2.24, 2.45) is 5.92 Å². The van der Waals surface area contributed by atoms with Gasteiger partial charge in [-0.2, -0.15) is 10.2 Å². The second kappa shape index (κ2) is 6.82. The van der Waals surface area contributed by atoms with E-state index in [-0.39, 0.29) is 35.5 Å². The number of ether oxygens (including phenoxy) is 2. The summed E-state index contributed by atoms with van der Waals surface area (Å²) in [6, 6.07) is 1.90. The van der Waals surface area contributed by atoms with Gasteiger partial charge in [0.25, 0.3) is 5.56 Å². The van der Waals surface area contributed by atoms with Crippen molar-refractivity contribution < 1.29 is 19.1 Å². The molecule has 0 atom stereocenters. The van der Waals surface area contributed by atoms with Crippen molar-refractivity contribution in [3.05, 3.63) is 22.1 Å². The van der Waals surface area contributed by atoms with Crippen LogP contribution in [-0.4, -0.2) is 40.7 Å². The molecule has 2 aromatic heterocycles. The number of nitriles is 1. The molecule has 2 heterocycles. The first-order chi connectivity index (χ1) is 11.4. The Hall–Kier alpha value is -3.35. The van der Waals surface area contributed by atoms with E-state index in [1.807, 2.05) is 6.07 Å². The molecule has 0 amide bonds. The van der Waals surface area contributed by atoms with Crippen LogP contribution in [0.4, 0.5) is 5.95 Å². The zero-order valence-corrected chi connectivity index (χ0v) is 13.0. The van der Waals surface area contributed by atoms with Crippen molar-refractivity contribution in [2.45, 2.75) is 13.0 Å². The molecule has 0 bridgehead atoms. The molecule has 24 heavy (non-hydrogen) atoms. The minimum Gasteiger partial charge on any atom is -0.468 e. The van der Waals surface area contributed by atoms with Gasteiger partial charge in [0.05, 0.1) is 19.8 Å². The molecule has 10 nitrogen and oxygen atoms in total. The van der Waals surface area contributed by atoms with E-state index < -0.39 is 23.4 Å². The van der Waals surface area contributed by atoms with Gasteiger partial charge in [-0.05, 0) is 6.42 Å². The smallest absolute Gasteiger partial charge is 0.320 e. The number of fused-ring (bicyclic) bond motifs is 1. The number of methoxy groups -OCH3 is 2. The fraction of sp³-hybridized carbons (Fsp3) is 0.357. The second-order valence-electron chi connectivity index (χ2n) is 4.89. The number of nitrogen functional groups attached to an aromatic ring is 1. The number of anilines is 1. The third kappa shape index (κ3) is 3.05. The maximum absolute atomic E-state index is 12.0. The lowest BCUT2D eigenvalue weighted by Gasteiger charge is -2.13. The molecule has 2 rings (SSSR count). The van der Waals surface area contributed by atoms with E-state index >= 15 is 0 Å². The topological polar surface area (TPSA) is 153 Å². The number of aryl methyl sites for hydroxylation is 1. The Balaban J connectivity index is 2.40. The highest BCUT2D eigenvalue weighted by molar-refractivity contribution is 5.94. The molecule has 0 aliphatic rings. The molecule has 0 saturated heterocycles. The quantitative estimate of drug-likeness (QED) is 0.550. The van der Waals surface area contributed by atoms with Crippen LogP contribution in [0.25, 0.3) is 11.0 Å². The zero-order chi connectivity index (χ0) is 17.9. The maximum Gasteiger partial charge on any atom is 0.320 e. The van der Waals surface area contributed by atoms with Gasteiger partial charge in [0.1, 0.15) is 11.5 Å². The first-order valence-corrected chi connectivity index (χ1v) is 6.87. The summed E-state index contributed by atoms with van der Waals surface area (Å²) in [5.74, 6) is -2.69. The first kappa shape index (κ1) is 17.0. The molecule has 0 aromatic carbocycles. The molecule has 0 aliphatic heterocycles. The van der Waals surface area contributed by atoms with Crippen molar-refractivity contribution in [1.29, 1.82) is 5.26 Å². The third-order valence-corrected chi connectivity index (χ3v) is 3.50. The number of nitrogens with two attached hydrogens (primary N) is 1. The lowest BCUT2D eigenvalue weighted by molar-refractivity contribution is -0.159. The minimum absolute atomic E-state index is 0.0440. The minimum atomic E-state index is -1.12. The van der Waals surface area contributed by atoms with Crippen LogP contribution in [0.2, 0.25) is 0 Å². The van der Waals surface area contributed by atoms with Crippen molar-refractivity contribution in [1.82, 2.24) is 14.5 Å². The summed E-state index contributed by atoms with van der Waals surface area (Å²) in [5.41, 5.74) is 5.30. The molecule has 2 aromatic rings. The van der Waals surface area contributed by atoms with Gasteiger partial charge in [0, 0.05) is 12.7 Å². The van der Waals surface area contributed by atoms with Crippen molar-refractivity contribution in [3.63, 3.8) is 0 Å². The predicted octanol–water partition coefficient (Wildman–Crippen LogP) is -0.469. The summed E-state index contributed by atoms with van der Waals surface area (Å²) in [6.07, 6.45) is 1.46. The Bertz CT molecular complexity index is 875. The number of hydrogen-bond donors (Lipinski definition) is 2.